The Balaban J connectivity index is 2.00. The molecular weight excluding hydrogens is 232 g/mol. The van der Waals surface area contributed by atoms with Crippen LogP contribution in [0.25, 0.3) is 0 Å². The van der Waals surface area contributed by atoms with E-state index in [0.717, 1.165) is 5.16 Å². The summed E-state index contributed by atoms with van der Waals surface area (Å²) < 4.78 is 3.25. The van der Waals surface area contributed by atoms with Crippen LogP contribution in [-0.2, 0) is 12.9 Å². The van der Waals surface area contributed by atoms with Crippen LogP contribution in [0.1, 0.15) is 0 Å². The summed E-state index contributed by atoms with van der Waals surface area (Å²) >= 11 is 1.40. The lowest BCUT2D eigenvalue weighted by molar-refractivity contribution is -0.385. The number of rotatable bonds is 4. The molecule has 0 fully saturated rings. The van der Waals surface area contributed by atoms with Crippen LogP contribution in [0.15, 0.2) is 23.9 Å². The molecule has 0 aliphatic carbocycles. The maximum Gasteiger partial charge on any atom is 0.307 e. The van der Waals surface area contributed by atoms with Crippen LogP contribution in [0.3, 0.4) is 0 Å². The third kappa shape index (κ3) is 2.19. The van der Waals surface area contributed by atoms with E-state index in [0.29, 0.717) is 5.88 Å². The lowest BCUT2D eigenvalue weighted by Crippen LogP contribution is -1.97. The number of hydrogen-bond acceptors (Lipinski definition) is 6. The van der Waals surface area contributed by atoms with Gasteiger partial charge in [0.25, 0.3) is 0 Å². The van der Waals surface area contributed by atoms with Gasteiger partial charge in [-0.15, -0.1) is 10.2 Å². The maximum absolute atomic E-state index is 10.4. The fraction of sp³-hybridized carbons (Fsp3) is 0.286. The Morgan fingerprint density at radius 1 is 1.62 bits per heavy atom. The number of aryl methyl sites for hydroxylation is 1. The van der Waals surface area contributed by atoms with E-state index in [2.05, 4.69) is 15.3 Å². The third-order valence-corrected chi connectivity index (χ3v) is 2.85. The van der Waals surface area contributed by atoms with Gasteiger partial charge in [-0.05, 0) is 0 Å². The van der Waals surface area contributed by atoms with Crippen molar-refractivity contribution in [2.45, 2.75) is 11.0 Å². The summed E-state index contributed by atoms with van der Waals surface area (Å²) in [5.41, 5.74) is -0.0152. The lowest BCUT2D eigenvalue weighted by Gasteiger charge is -1.99. The molecule has 16 heavy (non-hydrogen) atoms. The minimum absolute atomic E-state index is 0.0152. The van der Waals surface area contributed by atoms with Crippen LogP contribution < -0.4 is 0 Å². The molecule has 84 valence electrons. The molecule has 2 aromatic heterocycles. The quantitative estimate of drug-likeness (QED) is 0.443. The first-order valence-electron chi connectivity index (χ1n) is 4.30. The molecule has 8 nitrogen and oxygen atoms in total. The maximum atomic E-state index is 10.4. The summed E-state index contributed by atoms with van der Waals surface area (Å²) in [5.74, 6) is 0.459. The van der Waals surface area contributed by atoms with Crippen molar-refractivity contribution in [3.63, 3.8) is 0 Å². The van der Waals surface area contributed by atoms with Crippen molar-refractivity contribution in [2.75, 3.05) is 0 Å². The molecule has 0 amide bonds. The fourth-order valence-corrected chi connectivity index (χ4v) is 1.79. The van der Waals surface area contributed by atoms with Crippen molar-refractivity contribution in [2.24, 2.45) is 7.05 Å². The van der Waals surface area contributed by atoms with Gasteiger partial charge in [-0.3, -0.25) is 14.8 Å². The minimum Gasteiger partial charge on any atom is -0.312 e. The largest absolute Gasteiger partial charge is 0.312 e. The van der Waals surface area contributed by atoms with Gasteiger partial charge in [0.2, 0.25) is 0 Å². The van der Waals surface area contributed by atoms with Gasteiger partial charge in [-0.2, -0.15) is 5.10 Å². The van der Waals surface area contributed by atoms with Gasteiger partial charge in [-0.1, -0.05) is 11.8 Å². The zero-order chi connectivity index (χ0) is 11.5. The fourth-order valence-electron chi connectivity index (χ4n) is 1.04. The predicted octanol–water partition coefficient (Wildman–Crippen LogP) is 0.670. The first kappa shape index (κ1) is 10.6. The lowest BCUT2D eigenvalue weighted by atomic mass is 10.6. The monoisotopic (exact) mass is 240 g/mol. The van der Waals surface area contributed by atoms with Gasteiger partial charge in [0.05, 0.1) is 10.8 Å². The predicted molar refractivity (Wildman–Crippen MR) is 55.7 cm³/mol. The first-order valence-corrected chi connectivity index (χ1v) is 5.29. The molecule has 0 saturated heterocycles. The number of aromatic nitrogens is 5. The Morgan fingerprint density at radius 2 is 2.44 bits per heavy atom. The van der Waals surface area contributed by atoms with Crippen LogP contribution in [-0.4, -0.2) is 29.5 Å². The third-order valence-electron chi connectivity index (χ3n) is 1.83. The summed E-state index contributed by atoms with van der Waals surface area (Å²) in [7, 11) is 1.83. The molecule has 2 heterocycles. The van der Waals surface area contributed by atoms with E-state index in [4.69, 9.17) is 0 Å². The number of nitrogens with zero attached hydrogens (tertiary/aromatic N) is 6. The molecule has 0 atom stereocenters. The van der Waals surface area contributed by atoms with Gasteiger partial charge < -0.3 is 4.57 Å². The molecule has 0 aromatic carbocycles. The van der Waals surface area contributed by atoms with Gasteiger partial charge in [0.15, 0.2) is 5.16 Å². The molecule has 2 rings (SSSR count). The average molecular weight is 240 g/mol. The SMILES string of the molecule is Cn1cnnc1SCn1cc([N+](=O)[O-])cn1. The second-order valence-electron chi connectivity index (χ2n) is 2.99. The van der Waals surface area contributed by atoms with E-state index < -0.39 is 4.92 Å². The number of thioether (sulfide) groups is 1. The molecule has 0 aliphatic heterocycles. The summed E-state index contributed by atoms with van der Waals surface area (Å²) in [6.07, 6.45) is 4.19. The molecule has 0 saturated carbocycles. The van der Waals surface area contributed by atoms with Crippen molar-refractivity contribution in [3.05, 3.63) is 28.8 Å². The highest BCUT2D eigenvalue weighted by molar-refractivity contribution is 7.98. The van der Waals surface area contributed by atoms with Gasteiger partial charge in [0, 0.05) is 7.05 Å². The van der Waals surface area contributed by atoms with Gasteiger partial charge in [-0.25, -0.2) is 0 Å². The van der Waals surface area contributed by atoms with Crippen molar-refractivity contribution in [1.82, 2.24) is 24.5 Å². The van der Waals surface area contributed by atoms with Crippen molar-refractivity contribution in [1.29, 1.82) is 0 Å². The zero-order valence-electron chi connectivity index (χ0n) is 8.35. The molecule has 0 radical (unpaired) electrons. The summed E-state index contributed by atoms with van der Waals surface area (Å²) in [6, 6.07) is 0. The van der Waals surface area contributed by atoms with Crippen molar-refractivity contribution in [3.8, 4) is 0 Å². The summed E-state index contributed by atoms with van der Waals surface area (Å²) in [6.45, 7) is 0. The van der Waals surface area contributed by atoms with E-state index in [1.165, 1.54) is 28.8 Å². The van der Waals surface area contributed by atoms with E-state index in [9.17, 15) is 10.1 Å². The molecule has 0 bridgehead atoms. The highest BCUT2D eigenvalue weighted by Crippen LogP contribution is 2.17. The van der Waals surface area contributed by atoms with E-state index in [1.807, 2.05) is 7.05 Å². The summed E-state index contributed by atoms with van der Waals surface area (Å²) in [5, 5.41) is 22.6. The molecule has 0 spiro atoms. The Labute approximate surface area is 94.4 Å². The van der Waals surface area contributed by atoms with Crippen LogP contribution in [0, 0.1) is 10.1 Å². The van der Waals surface area contributed by atoms with Crippen molar-refractivity contribution >= 4 is 17.4 Å². The number of hydrogen-bond donors (Lipinski definition) is 0. The Morgan fingerprint density at radius 3 is 3.00 bits per heavy atom. The standard InChI is InChI=1S/C7H8N6O2S/c1-11-4-8-10-7(11)16-5-12-3-6(2-9-12)13(14)15/h2-4H,5H2,1H3. The van der Waals surface area contributed by atoms with Crippen LogP contribution >= 0.6 is 11.8 Å². The van der Waals surface area contributed by atoms with Crippen LogP contribution in [0.2, 0.25) is 0 Å². The van der Waals surface area contributed by atoms with E-state index in [1.54, 1.807) is 10.9 Å². The molecular formula is C7H8N6O2S. The molecule has 9 heteroatoms. The summed E-state index contributed by atoms with van der Waals surface area (Å²) in [4.78, 5) is 9.94. The van der Waals surface area contributed by atoms with Gasteiger partial charge in [0.1, 0.15) is 18.7 Å². The minimum atomic E-state index is -0.476. The van der Waals surface area contributed by atoms with Crippen LogP contribution in [0.5, 0.6) is 0 Å². The highest BCUT2D eigenvalue weighted by Gasteiger charge is 2.09. The second-order valence-corrected chi connectivity index (χ2v) is 3.90. The molecule has 0 N–H and O–H groups in total. The van der Waals surface area contributed by atoms with Crippen LogP contribution in [0.4, 0.5) is 5.69 Å². The average Bonchev–Trinajstić information content (AvgIpc) is 2.83. The molecule has 0 aliphatic rings. The van der Waals surface area contributed by atoms with Gasteiger partial charge >= 0.3 is 5.69 Å². The second kappa shape index (κ2) is 4.31. The Bertz CT molecular complexity index is 506. The zero-order valence-corrected chi connectivity index (χ0v) is 9.16. The number of nitro groups is 1. The highest BCUT2D eigenvalue weighted by atomic mass is 32.2. The molecule has 2 aromatic rings. The van der Waals surface area contributed by atoms with E-state index in [-0.39, 0.29) is 5.69 Å². The molecule has 0 unspecified atom stereocenters. The van der Waals surface area contributed by atoms with E-state index >= 15 is 0 Å². The topological polar surface area (TPSA) is 91.7 Å². The van der Waals surface area contributed by atoms with Crippen molar-refractivity contribution < 1.29 is 4.92 Å². The Kier molecular flexibility index (Phi) is 2.86. The smallest absolute Gasteiger partial charge is 0.307 e. The normalized spacial score (nSPS) is 10.6. The Hall–Kier alpha value is -1.90. The first-order chi connectivity index (χ1) is 7.66.